The molecule has 0 aliphatic rings. The van der Waals surface area contributed by atoms with Gasteiger partial charge in [-0.25, -0.2) is 9.49 Å². The number of hydrazone groups is 1. The largest absolute Gasteiger partial charge is 0.285 e. The predicted octanol–water partition coefficient (Wildman–Crippen LogP) is 2.01. The molecule has 0 bridgehead atoms. The normalized spacial score (nSPS) is 10.8. The number of H-pyrrole nitrogens is 1. The van der Waals surface area contributed by atoms with Crippen molar-refractivity contribution < 1.29 is 4.39 Å². The lowest BCUT2D eigenvalue weighted by molar-refractivity contribution is 0.626. The number of hydrogen-bond donors (Lipinski definition) is 2. The van der Waals surface area contributed by atoms with Crippen LogP contribution in [0.3, 0.4) is 0 Å². The number of nitrogens with one attached hydrogen (secondary N) is 2. The first-order valence-corrected chi connectivity index (χ1v) is 5.33. The van der Waals surface area contributed by atoms with Gasteiger partial charge in [0.15, 0.2) is 0 Å². The van der Waals surface area contributed by atoms with Gasteiger partial charge >= 0.3 is 0 Å². The molecule has 5 nitrogen and oxygen atoms in total. The molecule has 92 valence electrons. The number of nitrogens with zero attached hydrogens (tertiary/aromatic N) is 2. The van der Waals surface area contributed by atoms with E-state index in [0.717, 1.165) is 0 Å². The van der Waals surface area contributed by atoms with E-state index < -0.39 is 11.4 Å². The second-order valence-corrected chi connectivity index (χ2v) is 3.70. The molecule has 2 N–H and O–H groups in total. The van der Waals surface area contributed by atoms with E-state index in [4.69, 9.17) is 11.6 Å². The van der Waals surface area contributed by atoms with E-state index in [9.17, 15) is 9.18 Å². The van der Waals surface area contributed by atoms with Gasteiger partial charge < -0.3 is 0 Å². The Morgan fingerprint density at radius 2 is 2.22 bits per heavy atom. The Balaban J connectivity index is 2.15. The molecule has 0 radical (unpaired) electrons. The summed E-state index contributed by atoms with van der Waals surface area (Å²) in [6.07, 6.45) is 2.59. The molecule has 0 spiro atoms. The molecule has 0 atom stereocenters. The zero-order valence-corrected chi connectivity index (χ0v) is 9.78. The first-order chi connectivity index (χ1) is 8.68. The average Bonchev–Trinajstić information content (AvgIpc) is 2.37. The number of benzene rings is 1. The minimum atomic E-state index is -0.525. The first kappa shape index (κ1) is 12.3. The molecule has 2 rings (SSSR count). The molecule has 0 saturated heterocycles. The van der Waals surface area contributed by atoms with Gasteiger partial charge in [0.1, 0.15) is 16.5 Å². The minimum absolute atomic E-state index is 0.0596. The van der Waals surface area contributed by atoms with Crippen molar-refractivity contribution in [1.29, 1.82) is 0 Å². The molecular weight excluding hydrogens is 259 g/mol. The van der Waals surface area contributed by atoms with Gasteiger partial charge in [-0.3, -0.25) is 10.2 Å². The maximum absolute atomic E-state index is 13.2. The molecule has 2 aromatic rings. The van der Waals surface area contributed by atoms with Gasteiger partial charge in [-0.1, -0.05) is 29.8 Å². The van der Waals surface area contributed by atoms with Crippen molar-refractivity contribution >= 4 is 23.5 Å². The molecule has 0 unspecified atom stereocenters. The second kappa shape index (κ2) is 5.42. The van der Waals surface area contributed by atoms with Crippen LogP contribution in [0.15, 0.2) is 40.4 Å². The summed E-state index contributed by atoms with van der Waals surface area (Å²) >= 11 is 5.71. The highest BCUT2D eigenvalue weighted by atomic mass is 35.5. The van der Waals surface area contributed by atoms with Crippen LogP contribution in [0.4, 0.5) is 10.1 Å². The van der Waals surface area contributed by atoms with Gasteiger partial charge in [-0.2, -0.15) is 10.2 Å². The Bertz CT molecular complexity index is 641. The number of aromatic nitrogens is 2. The molecule has 0 aliphatic heterocycles. The fourth-order valence-corrected chi connectivity index (χ4v) is 1.35. The van der Waals surface area contributed by atoms with Crippen molar-refractivity contribution in [2.45, 2.75) is 0 Å². The minimum Gasteiger partial charge on any atom is -0.275 e. The van der Waals surface area contributed by atoms with Crippen LogP contribution >= 0.6 is 11.6 Å². The Morgan fingerprint density at radius 3 is 3.00 bits per heavy atom. The van der Waals surface area contributed by atoms with Crippen molar-refractivity contribution in [2.24, 2.45) is 5.10 Å². The van der Waals surface area contributed by atoms with Crippen LogP contribution in [0.1, 0.15) is 5.56 Å². The van der Waals surface area contributed by atoms with Crippen LogP contribution in [-0.4, -0.2) is 16.4 Å². The highest BCUT2D eigenvalue weighted by Gasteiger charge is 2.03. The molecule has 1 aromatic carbocycles. The zero-order valence-electron chi connectivity index (χ0n) is 9.02. The smallest absolute Gasteiger partial charge is 0.275 e. The lowest BCUT2D eigenvalue weighted by Crippen LogP contribution is -2.10. The Hall–Kier alpha value is -2.21. The van der Waals surface area contributed by atoms with Crippen molar-refractivity contribution in [2.75, 3.05) is 5.43 Å². The van der Waals surface area contributed by atoms with E-state index >= 15 is 0 Å². The molecule has 1 aromatic heterocycles. The topological polar surface area (TPSA) is 70.1 Å². The number of rotatable bonds is 3. The summed E-state index contributed by atoms with van der Waals surface area (Å²) in [6, 6.07) is 6.16. The highest BCUT2D eigenvalue weighted by molar-refractivity contribution is 6.32. The van der Waals surface area contributed by atoms with Crippen molar-refractivity contribution in [3.05, 3.63) is 57.2 Å². The summed E-state index contributed by atoms with van der Waals surface area (Å²) in [5.74, 6) is -0.391. The zero-order chi connectivity index (χ0) is 13.0. The quantitative estimate of drug-likeness (QED) is 0.659. The van der Waals surface area contributed by atoms with Crippen LogP contribution in [0.25, 0.3) is 0 Å². The van der Waals surface area contributed by atoms with Gasteiger partial charge in [0.05, 0.1) is 12.4 Å². The van der Waals surface area contributed by atoms with Crippen molar-refractivity contribution in [3.63, 3.8) is 0 Å². The third-order valence-corrected chi connectivity index (χ3v) is 2.46. The summed E-state index contributed by atoms with van der Waals surface area (Å²) in [5.41, 5.74) is 2.55. The second-order valence-electron chi connectivity index (χ2n) is 3.32. The molecule has 18 heavy (non-hydrogen) atoms. The van der Waals surface area contributed by atoms with E-state index in [0.29, 0.717) is 5.56 Å². The Labute approximate surface area is 106 Å². The molecule has 0 saturated carbocycles. The Kier molecular flexibility index (Phi) is 3.69. The molecule has 7 heteroatoms. The molecular formula is C11H8ClFN4O. The third kappa shape index (κ3) is 2.72. The number of hydrogen-bond acceptors (Lipinski definition) is 4. The van der Waals surface area contributed by atoms with Gasteiger partial charge in [-0.15, -0.1) is 0 Å². The van der Waals surface area contributed by atoms with Crippen molar-refractivity contribution in [1.82, 2.24) is 10.2 Å². The van der Waals surface area contributed by atoms with E-state index in [2.05, 4.69) is 20.7 Å². The number of aromatic amines is 1. The Morgan fingerprint density at radius 1 is 1.44 bits per heavy atom. The summed E-state index contributed by atoms with van der Waals surface area (Å²) in [7, 11) is 0. The van der Waals surface area contributed by atoms with Crippen LogP contribution in [0.5, 0.6) is 0 Å². The van der Waals surface area contributed by atoms with Gasteiger partial charge in [0.2, 0.25) is 0 Å². The highest BCUT2D eigenvalue weighted by Crippen LogP contribution is 2.14. The summed E-state index contributed by atoms with van der Waals surface area (Å²) in [5, 5.41) is 9.45. The molecule has 1 heterocycles. The van der Waals surface area contributed by atoms with E-state index in [1.165, 1.54) is 18.5 Å². The monoisotopic (exact) mass is 266 g/mol. The van der Waals surface area contributed by atoms with E-state index in [1.54, 1.807) is 18.2 Å². The number of halogens is 2. The SMILES string of the molecule is O=c1[nH]ncc(NN=Cc2ccccc2F)c1Cl. The first-order valence-electron chi connectivity index (χ1n) is 4.95. The summed E-state index contributed by atoms with van der Waals surface area (Å²) in [4.78, 5) is 11.1. The van der Waals surface area contributed by atoms with Crippen LogP contribution in [-0.2, 0) is 0 Å². The van der Waals surface area contributed by atoms with Gasteiger partial charge in [-0.05, 0) is 6.07 Å². The summed E-state index contributed by atoms with van der Waals surface area (Å²) < 4.78 is 13.2. The standard InChI is InChI=1S/C11H8ClFN4O/c12-10-9(6-15-17-11(10)18)16-14-5-7-3-1-2-4-8(7)13/h1-6H,(H2,16,17,18). The van der Waals surface area contributed by atoms with Crippen molar-refractivity contribution in [3.8, 4) is 0 Å². The maximum Gasteiger partial charge on any atom is 0.285 e. The van der Waals surface area contributed by atoms with Gasteiger partial charge in [0.25, 0.3) is 5.56 Å². The average molecular weight is 267 g/mol. The third-order valence-electron chi connectivity index (χ3n) is 2.09. The van der Waals surface area contributed by atoms with Crippen LogP contribution in [0, 0.1) is 5.82 Å². The van der Waals surface area contributed by atoms with E-state index in [-0.39, 0.29) is 10.7 Å². The molecule has 0 amide bonds. The van der Waals surface area contributed by atoms with Gasteiger partial charge in [0, 0.05) is 5.56 Å². The maximum atomic E-state index is 13.2. The van der Waals surface area contributed by atoms with Crippen LogP contribution in [0.2, 0.25) is 5.02 Å². The predicted molar refractivity (Wildman–Crippen MR) is 67.5 cm³/mol. The lowest BCUT2D eigenvalue weighted by Gasteiger charge is -2.00. The fraction of sp³-hybridized carbons (Fsp3) is 0. The molecule has 0 fully saturated rings. The fourth-order valence-electron chi connectivity index (χ4n) is 1.21. The molecule has 0 aliphatic carbocycles. The number of anilines is 1. The lowest BCUT2D eigenvalue weighted by atomic mass is 10.2. The van der Waals surface area contributed by atoms with E-state index in [1.807, 2.05) is 0 Å². The van der Waals surface area contributed by atoms with Crippen LogP contribution < -0.4 is 11.0 Å². The summed E-state index contributed by atoms with van der Waals surface area (Å²) in [6.45, 7) is 0.